The summed E-state index contributed by atoms with van der Waals surface area (Å²) in [6.45, 7) is 2.11. The first-order valence-corrected chi connectivity index (χ1v) is 11.7. The molecule has 10 heteroatoms. The van der Waals surface area contributed by atoms with E-state index in [-0.39, 0.29) is 6.04 Å². The number of rotatable bonds is 7. The summed E-state index contributed by atoms with van der Waals surface area (Å²) in [5, 5.41) is 33.4. The van der Waals surface area contributed by atoms with E-state index in [1.54, 1.807) is 16.4 Å². The first-order valence-electron chi connectivity index (χ1n) is 10.8. The second kappa shape index (κ2) is 8.34. The minimum atomic E-state index is -1.01. The summed E-state index contributed by atoms with van der Waals surface area (Å²) in [6.07, 6.45) is 0.445. The van der Waals surface area contributed by atoms with Crippen LogP contribution in [0.25, 0.3) is 11.2 Å². The van der Waals surface area contributed by atoms with Crippen molar-refractivity contribution in [3.05, 3.63) is 35.9 Å². The van der Waals surface area contributed by atoms with Gasteiger partial charge in [0.15, 0.2) is 22.1 Å². The molecule has 6 atom stereocenters. The van der Waals surface area contributed by atoms with E-state index in [1.807, 2.05) is 6.07 Å². The molecule has 0 amide bonds. The van der Waals surface area contributed by atoms with Crippen molar-refractivity contribution in [3.8, 4) is 0 Å². The number of nitrogens with zero attached hydrogens (tertiary/aromatic N) is 5. The fourth-order valence-electron chi connectivity index (χ4n) is 4.27. The van der Waals surface area contributed by atoms with Gasteiger partial charge in [0.25, 0.3) is 0 Å². The Kier molecular flexibility index (Phi) is 5.55. The number of hydrogen-bond donors (Lipinski definition) is 4. The van der Waals surface area contributed by atoms with Gasteiger partial charge in [-0.2, -0.15) is 0 Å². The van der Waals surface area contributed by atoms with Gasteiger partial charge < -0.3 is 21.3 Å². The molecule has 9 nitrogen and oxygen atoms in total. The monoisotopic (exact) mass is 441 g/mol. The lowest BCUT2D eigenvalue weighted by Crippen LogP contribution is -2.36. The van der Waals surface area contributed by atoms with Gasteiger partial charge in [0, 0.05) is 23.8 Å². The number of thioether (sulfide) groups is 1. The van der Waals surface area contributed by atoms with E-state index in [4.69, 9.17) is 10.7 Å². The highest BCUT2D eigenvalue weighted by molar-refractivity contribution is 7.99. The molecule has 2 aliphatic rings. The summed E-state index contributed by atoms with van der Waals surface area (Å²) in [5.74, 6) is 2.01. The van der Waals surface area contributed by atoms with Crippen LogP contribution in [0.3, 0.4) is 0 Å². The van der Waals surface area contributed by atoms with Gasteiger partial charge in [-0.15, -0.1) is 5.10 Å². The molecule has 2 heterocycles. The number of benzene rings is 1. The fourth-order valence-corrected chi connectivity index (χ4v) is 4.97. The lowest BCUT2D eigenvalue weighted by Gasteiger charge is -2.16. The maximum absolute atomic E-state index is 10.5. The highest BCUT2D eigenvalue weighted by Crippen LogP contribution is 2.43. The summed E-state index contributed by atoms with van der Waals surface area (Å²) >= 11 is 1.58. The molecular formula is C21H27N7O2S. The van der Waals surface area contributed by atoms with Gasteiger partial charge >= 0.3 is 0 Å². The predicted octanol–water partition coefficient (Wildman–Crippen LogP) is 1.69. The number of aliphatic hydroxyl groups excluding tert-OH is 2. The molecule has 0 saturated heterocycles. The van der Waals surface area contributed by atoms with Crippen molar-refractivity contribution in [3.63, 3.8) is 0 Å². The number of hydrogen-bond acceptors (Lipinski definition) is 9. The largest absolute Gasteiger partial charge is 0.389 e. The summed E-state index contributed by atoms with van der Waals surface area (Å²) in [7, 11) is 0. The number of aromatic nitrogens is 5. The number of nitrogens with one attached hydrogen (secondary N) is 1. The Morgan fingerprint density at radius 2 is 1.97 bits per heavy atom. The zero-order chi connectivity index (χ0) is 21.5. The van der Waals surface area contributed by atoms with Gasteiger partial charge in [0.05, 0.1) is 12.1 Å². The van der Waals surface area contributed by atoms with Gasteiger partial charge in [-0.3, -0.25) is 0 Å². The Balaban J connectivity index is 1.47. The Bertz CT molecular complexity index is 1060. The van der Waals surface area contributed by atoms with Gasteiger partial charge in [-0.25, -0.2) is 14.6 Å². The molecule has 3 aromatic rings. The van der Waals surface area contributed by atoms with Crippen LogP contribution < -0.4 is 11.1 Å². The average molecular weight is 442 g/mol. The third kappa shape index (κ3) is 3.89. The normalized spacial score (nSPS) is 30.1. The molecule has 2 saturated carbocycles. The summed E-state index contributed by atoms with van der Waals surface area (Å²) in [6, 6.07) is 9.74. The smallest absolute Gasteiger partial charge is 0.191 e. The number of fused-ring (bicyclic) bond motifs is 1. The SMILES string of the molecule is CCCSc1nc(NC2CC2c2ccccc2)c2nnn(C3CC(N)C(O)C3O)c2n1. The van der Waals surface area contributed by atoms with Crippen molar-refractivity contribution in [2.75, 3.05) is 11.1 Å². The molecule has 5 N–H and O–H groups in total. The van der Waals surface area contributed by atoms with Crippen LogP contribution in [0.1, 0.15) is 43.7 Å². The molecule has 0 bridgehead atoms. The van der Waals surface area contributed by atoms with E-state index < -0.39 is 24.3 Å². The number of aliphatic hydroxyl groups is 2. The topological polar surface area (TPSA) is 135 Å². The second-order valence-corrected chi connectivity index (χ2v) is 9.42. The summed E-state index contributed by atoms with van der Waals surface area (Å²) in [4.78, 5) is 9.41. The molecule has 5 rings (SSSR count). The predicted molar refractivity (Wildman–Crippen MR) is 119 cm³/mol. The van der Waals surface area contributed by atoms with Gasteiger partial charge in [0.2, 0.25) is 0 Å². The van der Waals surface area contributed by atoms with Crippen molar-refractivity contribution in [2.45, 2.75) is 67.6 Å². The van der Waals surface area contributed by atoms with E-state index in [0.717, 1.165) is 18.6 Å². The summed E-state index contributed by atoms with van der Waals surface area (Å²) < 4.78 is 1.60. The zero-order valence-corrected chi connectivity index (χ0v) is 18.1. The molecule has 164 valence electrons. The van der Waals surface area contributed by atoms with Crippen molar-refractivity contribution in [1.29, 1.82) is 0 Å². The van der Waals surface area contributed by atoms with Crippen LogP contribution >= 0.6 is 11.8 Å². The quantitative estimate of drug-likeness (QED) is 0.319. The lowest BCUT2D eigenvalue weighted by molar-refractivity contribution is 0.0163. The lowest BCUT2D eigenvalue weighted by atomic mass is 10.1. The van der Waals surface area contributed by atoms with Gasteiger partial charge in [-0.05, 0) is 24.8 Å². The van der Waals surface area contributed by atoms with Crippen molar-refractivity contribution in [1.82, 2.24) is 25.0 Å². The fraction of sp³-hybridized carbons (Fsp3) is 0.524. The third-order valence-corrected chi connectivity index (χ3v) is 7.14. The summed E-state index contributed by atoms with van der Waals surface area (Å²) in [5.41, 5.74) is 8.40. The molecule has 0 spiro atoms. The molecule has 1 aromatic carbocycles. The van der Waals surface area contributed by atoms with Crippen LogP contribution in [-0.2, 0) is 0 Å². The van der Waals surface area contributed by atoms with Crippen molar-refractivity contribution < 1.29 is 10.2 Å². The maximum Gasteiger partial charge on any atom is 0.191 e. The van der Waals surface area contributed by atoms with Crippen LogP contribution in [0.2, 0.25) is 0 Å². The average Bonchev–Trinajstić information content (AvgIpc) is 3.35. The second-order valence-electron chi connectivity index (χ2n) is 8.36. The van der Waals surface area contributed by atoms with E-state index in [9.17, 15) is 10.2 Å². The van der Waals surface area contributed by atoms with E-state index in [0.29, 0.717) is 34.5 Å². The van der Waals surface area contributed by atoms with E-state index in [2.05, 4.69) is 51.8 Å². The Morgan fingerprint density at radius 3 is 2.68 bits per heavy atom. The Labute approximate surface area is 184 Å². The van der Waals surface area contributed by atoms with E-state index >= 15 is 0 Å². The van der Waals surface area contributed by atoms with Crippen LogP contribution in [0.15, 0.2) is 35.5 Å². The molecule has 2 aromatic heterocycles. The molecule has 0 aliphatic heterocycles. The minimum absolute atomic E-state index is 0.280. The van der Waals surface area contributed by atoms with Crippen LogP contribution in [0, 0.1) is 0 Å². The third-order valence-electron chi connectivity index (χ3n) is 6.09. The molecule has 0 radical (unpaired) electrons. The Hall–Kier alpha value is -2.27. The molecule has 6 unspecified atom stereocenters. The van der Waals surface area contributed by atoms with Gasteiger partial charge in [0.1, 0.15) is 6.10 Å². The molecular weight excluding hydrogens is 414 g/mol. The number of anilines is 1. The number of nitrogens with two attached hydrogens (primary N) is 1. The van der Waals surface area contributed by atoms with Crippen LogP contribution in [-0.4, -0.2) is 65.2 Å². The Morgan fingerprint density at radius 1 is 1.16 bits per heavy atom. The standard InChI is InChI=1S/C21H27N7O2S/c1-2-8-31-21-24-19(23-14-9-12(14)11-6-4-3-5-7-11)16-20(25-21)28(27-26-16)15-10-13(22)17(29)18(15)30/h3-7,12-15,17-18,29-30H,2,8-10,22H2,1H3,(H,23,24,25). The van der Waals surface area contributed by atoms with Crippen molar-refractivity contribution in [2.24, 2.45) is 5.73 Å². The van der Waals surface area contributed by atoms with E-state index in [1.165, 1.54) is 5.56 Å². The van der Waals surface area contributed by atoms with Crippen LogP contribution in [0.5, 0.6) is 0 Å². The molecule has 31 heavy (non-hydrogen) atoms. The maximum atomic E-state index is 10.5. The zero-order valence-electron chi connectivity index (χ0n) is 17.3. The van der Waals surface area contributed by atoms with Gasteiger partial charge in [-0.1, -0.05) is 54.2 Å². The highest BCUT2D eigenvalue weighted by Gasteiger charge is 2.43. The molecule has 2 aliphatic carbocycles. The minimum Gasteiger partial charge on any atom is -0.389 e. The first-order chi connectivity index (χ1) is 15.1. The van der Waals surface area contributed by atoms with Crippen LogP contribution in [0.4, 0.5) is 5.82 Å². The van der Waals surface area contributed by atoms with Crippen molar-refractivity contribution >= 4 is 28.7 Å². The first kappa shape index (κ1) is 20.6. The highest BCUT2D eigenvalue weighted by atomic mass is 32.2. The molecule has 2 fully saturated rings.